The zero-order chi connectivity index (χ0) is 14.2. The minimum absolute atomic E-state index is 0.00471. The Morgan fingerprint density at radius 3 is 2.85 bits per heavy atom. The first-order valence-corrected chi connectivity index (χ1v) is 8.17. The van der Waals surface area contributed by atoms with Crippen molar-refractivity contribution < 1.29 is 17.7 Å². The summed E-state index contributed by atoms with van der Waals surface area (Å²) in [5.41, 5.74) is 0. The summed E-state index contributed by atoms with van der Waals surface area (Å²) in [7, 11) is -3.25. The molecule has 9 heteroatoms. The molecule has 1 aromatic heterocycles. The second-order valence-electron chi connectivity index (χ2n) is 5.15. The number of nitrogens with one attached hydrogen (secondary N) is 2. The average Bonchev–Trinajstić information content (AvgIpc) is 3.17. The summed E-state index contributed by atoms with van der Waals surface area (Å²) < 4.78 is 30.8. The third-order valence-electron chi connectivity index (χ3n) is 3.48. The van der Waals surface area contributed by atoms with Crippen LogP contribution < -0.4 is 10.0 Å². The summed E-state index contributed by atoms with van der Waals surface area (Å²) in [5, 5.41) is 6.30. The number of aromatic nitrogens is 2. The monoisotopic (exact) mass is 300 g/mol. The van der Waals surface area contributed by atoms with Gasteiger partial charge in [0.1, 0.15) is 0 Å². The molecule has 0 bridgehead atoms. The molecule has 1 saturated heterocycles. The van der Waals surface area contributed by atoms with Gasteiger partial charge in [-0.05, 0) is 19.3 Å². The zero-order valence-corrected chi connectivity index (χ0v) is 11.6. The van der Waals surface area contributed by atoms with Crippen molar-refractivity contribution in [2.24, 2.45) is 0 Å². The molecular weight excluding hydrogens is 284 g/mol. The van der Waals surface area contributed by atoms with Gasteiger partial charge in [-0.15, -0.1) is 0 Å². The molecule has 20 heavy (non-hydrogen) atoms. The Bertz CT molecular complexity index is 608. The first-order chi connectivity index (χ1) is 9.54. The molecule has 0 spiro atoms. The van der Waals surface area contributed by atoms with E-state index < -0.39 is 10.0 Å². The van der Waals surface area contributed by atoms with Crippen LogP contribution in [-0.4, -0.2) is 36.3 Å². The van der Waals surface area contributed by atoms with E-state index in [4.69, 9.17) is 4.52 Å². The highest BCUT2D eigenvalue weighted by Gasteiger charge is 2.35. The molecule has 2 aliphatic rings. The van der Waals surface area contributed by atoms with E-state index in [0.29, 0.717) is 31.6 Å². The van der Waals surface area contributed by atoms with Crippen LogP contribution in [0.3, 0.4) is 0 Å². The van der Waals surface area contributed by atoms with Gasteiger partial charge in [0.2, 0.25) is 21.8 Å². The van der Waals surface area contributed by atoms with Crippen LogP contribution in [0.4, 0.5) is 0 Å². The van der Waals surface area contributed by atoms with Crippen molar-refractivity contribution in [3.63, 3.8) is 0 Å². The van der Waals surface area contributed by atoms with Gasteiger partial charge in [-0.1, -0.05) is 5.16 Å². The number of carbonyl (C=O) groups excluding carboxylic acids is 1. The van der Waals surface area contributed by atoms with Gasteiger partial charge >= 0.3 is 0 Å². The fourth-order valence-corrected chi connectivity index (χ4v) is 3.49. The quantitative estimate of drug-likeness (QED) is 0.768. The Morgan fingerprint density at radius 2 is 2.15 bits per heavy atom. The molecule has 0 radical (unpaired) electrons. The Morgan fingerprint density at radius 1 is 1.35 bits per heavy atom. The van der Waals surface area contributed by atoms with E-state index in [0.717, 1.165) is 6.42 Å². The highest BCUT2D eigenvalue weighted by atomic mass is 32.2. The summed E-state index contributed by atoms with van der Waals surface area (Å²) in [6, 6.07) is 0. The molecule has 3 rings (SSSR count). The summed E-state index contributed by atoms with van der Waals surface area (Å²) in [6.07, 6.45) is 2.52. The third-order valence-corrected chi connectivity index (χ3v) is 5.38. The van der Waals surface area contributed by atoms with Crippen LogP contribution in [-0.2, 0) is 21.4 Å². The molecule has 2 heterocycles. The van der Waals surface area contributed by atoms with Crippen LogP contribution in [0, 0.1) is 0 Å². The van der Waals surface area contributed by atoms with E-state index in [1.807, 2.05) is 0 Å². The number of hydrogen-bond acceptors (Lipinski definition) is 6. The van der Waals surface area contributed by atoms with Gasteiger partial charge in [0.25, 0.3) is 0 Å². The van der Waals surface area contributed by atoms with Crippen molar-refractivity contribution in [2.75, 3.05) is 6.54 Å². The smallest absolute Gasteiger partial charge is 0.241 e. The van der Waals surface area contributed by atoms with Crippen molar-refractivity contribution in [1.29, 1.82) is 0 Å². The van der Waals surface area contributed by atoms with Crippen LogP contribution in [0.15, 0.2) is 4.52 Å². The highest BCUT2D eigenvalue weighted by Crippen LogP contribution is 2.27. The van der Waals surface area contributed by atoms with Gasteiger partial charge in [0.15, 0.2) is 5.82 Å². The highest BCUT2D eigenvalue weighted by molar-refractivity contribution is 7.90. The number of nitrogens with zero attached hydrogens (tertiary/aromatic N) is 2. The summed E-state index contributed by atoms with van der Waals surface area (Å²) in [5.74, 6) is 0.624. The van der Waals surface area contributed by atoms with E-state index >= 15 is 0 Å². The predicted molar refractivity (Wildman–Crippen MR) is 68.1 cm³/mol. The van der Waals surface area contributed by atoms with Gasteiger partial charge in [0.05, 0.1) is 11.8 Å². The fourth-order valence-electron chi connectivity index (χ4n) is 2.17. The first-order valence-electron chi connectivity index (χ1n) is 6.62. The summed E-state index contributed by atoms with van der Waals surface area (Å²) >= 11 is 0. The van der Waals surface area contributed by atoms with Crippen molar-refractivity contribution >= 4 is 15.9 Å². The number of sulfonamides is 1. The molecule has 1 aromatic rings. The van der Waals surface area contributed by atoms with Crippen LogP contribution in [0.5, 0.6) is 0 Å². The maximum atomic E-state index is 11.7. The SMILES string of the molecule is O=C1CC(c2noc(CNS(=O)(=O)C3CC3)n2)CCN1. The second-order valence-corrected chi connectivity index (χ2v) is 7.20. The lowest BCUT2D eigenvalue weighted by molar-refractivity contribution is -0.122. The first kappa shape index (κ1) is 13.5. The molecule has 1 aliphatic carbocycles. The lowest BCUT2D eigenvalue weighted by Crippen LogP contribution is -2.33. The second kappa shape index (κ2) is 5.13. The molecule has 1 unspecified atom stereocenters. The van der Waals surface area contributed by atoms with Gasteiger partial charge in [0, 0.05) is 18.9 Å². The summed E-state index contributed by atoms with van der Waals surface area (Å²) in [6.45, 7) is 0.604. The van der Waals surface area contributed by atoms with Crippen LogP contribution in [0.2, 0.25) is 0 Å². The van der Waals surface area contributed by atoms with E-state index in [1.165, 1.54) is 0 Å². The lowest BCUT2D eigenvalue weighted by Gasteiger charge is -2.18. The number of carbonyl (C=O) groups is 1. The van der Waals surface area contributed by atoms with E-state index in [-0.39, 0.29) is 29.5 Å². The molecule has 1 aliphatic heterocycles. The van der Waals surface area contributed by atoms with E-state index in [2.05, 4.69) is 20.2 Å². The van der Waals surface area contributed by atoms with E-state index in [1.54, 1.807) is 0 Å². The molecule has 8 nitrogen and oxygen atoms in total. The Labute approximate surface area is 116 Å². The number of rotatable bonds is 5. The van der Waals surface area contributed by atoms with Crippen molar-refractivity contribution in [3.05, 3.63) is 11.7 Å². The molecule has 1 amide bonds. The van der Waals surface area contributed by atoms with Crippen LogP contribution in [0.25, 0.3) is 0 Å². The van der Waals surface area contributed by atoms with Crippen molar-refractivity contribution in [2.45, 2.75) is 43.4 Å². The maximum absolute atomic E-state index is 11.7. The minimum Gasteiger partial charge on any atom is -0.356 e. The van der Waals surface area contributed by atoms with Gasteiger partial charge in [-0.25, -0.2) is 13.1 Å². The largest absolute Gasteiger partial charge is 0.356 e. The van der Waals surface area contributed by atoms with E-state index in [9.17, 15) is 13.2 Å². The lowest BCUT2D eigenvalue weighted by atomic mass is 9.97. The van der Waals surface area contributed by atoms with Crippen LogP contribution >= 0.6 is 0 Å². The fraction of sp³-hybridized carbons (Fsp3) is 0.727. The predicted octanol–water partition coefficient (Wildman–Crippen LogP) is -0.355. The zero-order valence-electron chi connectivity index (χ0n) is 10.8. The summed E-state index contributed by atoms with van der Waals surface area (Å²) in [4.78, 5) is 15.5. The molecular formula is C11H16N4O4S. The average molecular weight is 300 g/mol. The Balaban J connectivity index is 1.60. The standard InChI is InChI=1S/C11H16N4O4S/c16-9-5-7(3-4-12-9)11-14-10(19-15-11)6-13-20(17,18)8-1-2-8/h7-8,13H,1-6H2,(H,12,16). The third kappa shape index (κ3) is 2.98. The maximum Gasteiger partial charge on any atom is 0.241 e. The number of piperidine rings is 1. The Hall–Kier alpha value is -1.48. The molecule has 1 atom stereocenters. The van der Waals surface area contributed by atoms with Gasteiger partial charge in [-0.3, -0.25) is 4.79 Å². The number of hydrogen-bond donors (Lipinski definition) is 2. The van der Waals surface area contributed by atoms with Gasteiger partial charge in [-0.2, -0.15) is 4.98 Å². The minimum atomic E-state index is -3.25. The van der Waals surface area contributed by atoms with Crippen molar-refractivity contribution in [3.8, 4) is 0 Å². The number of amides is 1. The van der Waals surface area contributed by atoms with Crippen molar-refractivity contribution in [1.82, 2.24) is 20.2 Å². The molecule has 0 aromatic carbocycles. The molecule has 110 valence electrons. The molecule has 2 N–H and O–H groups in total. The topological polar surface area (TPSA) is 114 Å². The molecule has 1 saturated carbocycles. The Kier molecular flexibility index (Phi) is 3.47. The van der Waals surface area contributed by atoms with Crippen LogP contribution in [0.1, 0.15) is 43.3 Å². The molecule has 2 fully saturated rings. The van der Waals surface area contributed by atoms with Gasteiger partial charge < -0.3 is 9.84 Å². The normalized spacial score (nSPS) is 23.6.